The summed E-state index contributed by atoms with van der Waals surface area (Å²) in [5.41, 5.74) is -0.0650. The minimum atomic E-state index is -1.15. The Kier molecular flexibility index (Phi) is 4.06. The van der Waals surface area contributed by atoms with Gasteiger partial charge in [0.15, 0.2) is 0 Å². The molecule has 1 amide bonds. The number of carbonyl (C=O) groups is 2. The molecule has 98 valence electrons. The van der Waals surface area contributed by atoms with Crippen molar-refractivity contribution in [3.63, 3.8) is 0 Å². The number of halogens is 1. The first-order valence-corrected chi connectivity index (χ1v) is 5.52. The van der Waals surface area contributed by atoms with Crippen LogP contribution in [0.4, 0.5) is 10.1 Å². The van der Waals surface area contributed by atoms with Crippen molar-refractivity contribution in [2.75, 3.05) is 5.32 Å². The predicted octanol–water partition coefficient (Wildman–Crippen LogP) is 2.57. The van der Waals surface area contributed by atoms with Crippen LogP contribution in [0.5, 0.6) is 0 Å². The monoisotopic (exact) mass is 253 g/mol. The first-order chi connectivity index (χ1) is 8.22. The first kappa shape index (κ1) is 14.2. The molecule has 18 heavy (non-hydrogen) atoms. The molecule has 0 aliphatic heterocycles. The van der Waals surface area contributed by atoms with E-state index in [9.17, 15) is 14.0 Å². The van der Waals surface area contributed by atoms with E-state index in [-0.39, 0.29) is 6.42 Å². The van der Waals surface area contributed by atoms with E-state index in [0.717, 1.165) is 5.56 Å². The van der Waals surface area contributed by atoms with Crippen LogP contribution in [0, 0.1) is 18.2 Å². The van der Waals surface area contributed by atoms with Gasteiger partial charge >= 0.3 is 5.97 Å². The van der Waals surface area contributed by atoms with Gasteiger partial charge in [-0.2, -0.15) is 0 Å². The Bertz CT molecular complexity index is 483. The third kappa shape index (κ3) is 3.55. The van der Waals surface area contributed by atoms with Gasteiger partial charge in [-0.3, -0.25) is 9.59 Å². The van der Waals surface area contributed by atoms with E-state index in [0.29, 0.717) is 5.69 Å². The summed E-state index contributed by atoms with van der Waals surface area (Å²) in [5, 5.41) is 11.4. The molecule has 0 radical (unpaired) electrons. The van der Waals surface area contributed by atoms with E-state index in [4.69, 9.17) is 5.11 Å². The molecule has 0 aliphatic rings. The molecule has 0 unspecified atom stereocenters. The van der Waals surface area contributed by atoms with Gasteiger partial charge in [-0.15, -0.1) is 0 Å². The molecule has 0 atom stereocenters. The Hall–Kier alpha value is -1.91. The molecule has 0 aromatic heterocycles. The van der Waals surface area contributed by atoms with Crippen LogP contribution < -0.4 is 5.32 Å². The zero-order valence-corrected chi connectivity index (χ0v) is 10.6. The minimum absolute atomic E-state index is 0.168. The number of carboxylic acid groups (broad SMARTS) is 1. The lowest BCUT2D eigenvalue weighted by molar-refractivity contribution is -0.148. The lowest BCUT2D eigenvalue weighted by atomic mass is 9.89. The standard InChI is InChI=1S/C13H16FNO3/c1-8-4-5-9(14)6-10(8)15-11(16)7-13(2,3)12(17)18/h4-6H,7H2,1-3H3,(H,15,16)(H,17,18). The normalized spacial score (nSPS) is 11.1. The van der Waals surface area contributed by atoms with Gasteiger partial charge in [0.25, 0.3) is 0 Å². The second-order valence-corrected chi connectivity index (χ2v) is 4.87. The summed E-state index contributed by atoms with van der Waals surface area (Å²) in [6.07, 6.45) is -0.168. The first-order valence-electron chi connectivity index (χ1n) is 5.52. The molecule has 4 nitrogen and oxygen atoms in total. The number of rotatable bonds is 4. The van der Waals surface area contributed by atoms with Gasteiger partial charge in [-0.25, -0.2) is 4.39 Å². The predicted molar refractivity (Wildman–Crippen MR) is 65.8 cm³/mol. The summed E-state index contributed by atoms with van der Waals surface area (Å²) in [6.45, 7) is 4.66. The Morgan fingerprint density at radius 2 is 2.00 bits per heavy atom. The van der Waals surface area contributed by atoms with Crippen molar-refractivity contribution in [3.8, 4) is 0 Å². The van der Waals surface area contributed by atoms with Crippen LogP contribution in [0.25, 0.3) is 0 Å². The quantitative estimate of drug-likeness (QED) is 0.866. The summed E-state index contributed by atoms with van der Waals surface area (Å²) >= 11 is 0. The van der Waals surface area contributed by atoms with Crippen LogP contribution in [0.1, 0.15) is 25.8 Å². The average Bonchev–Trinajstić information content (AvgIpc) is 2.22. The molecule has 0 heterocycles. The van der Waals surface area contributed by atoms with E-state index in [2.05, 4.69) is 5.32 Å². The van der Waals surface area contributed by atoms with E-state index < -0.39 is 23.1 Å². The molecule has 5 heteroatoms. The third-order valence-electron chi connectivity index (χ3n) is 2.66. The smallest absolute Gasteiger partial charge is 0.309 e. The Balaban J connectivity index is 2.77. The van der Waals surface area contributed by atoms with Crippen LogP contribution in [-0.4, -0.2) is 17.0 Å². The highest BCUT2D eigenvalue weighted by Gasteiger charge is 2.30. The Morgan fingerprint density at radius 1 is 1.39 bits per heavy atom. The van der Waals surface area contributed by atoms with Crippen molar-refractivity contribution >= 4 is 17.6 Å². The number of hydrogen-bond donors (Lipinski definition) is 2. The van der Waals surface area contributed by atoms with Gasteiger partial charge in [0.2, 0.25) is 5.91 Å². The second kappa shape index (κ2) is 5.16. The van der Waals surface area contributed by atoms with Crippen molar-refractivity contribution in [3.05, 3.63) is 29.6 Å². The molecule has 1 aromatic rings. The Morgan fingerprint density at radius 3 is 2.56 bits per heavy atom. The number of aliphatic carboxylic acids is 1. The molecule has 0 spiro atoms. The number of nitrogens with one attached hydrogen (secondary N) is 1. The van der Waals surface area contributed by atoms with Gasteiger partial charge < -0.3 is 10.4 Å². The molecule has 2 N–H and O–H groups in total. The van der Waals surface area contributed by atoms with Gasteiger partial charge in [0.05, 0.1) is 5.41 Å². The molecule has 1 rings (SSSR count). The zero-order valence-electron chi connectivity index (χ0n) is 10.6. The fraction of sp³-hybridized carbons (Fsp3) is 0.385. The highest BCUT2D eigenvalue weighted by Crippen LogP contribution is 2.22. The maximum absolute atomic E-state index is 13.0. The molecular weight excluding hydrogens is 237 g/mol. The molecular formula is C13H16FNO3. The number of anilines is 1. The average molecular weight is 253 g/mol. The van der Waals surface area contributed by atoms with Crippen LogP contribution in [0.2, 0.25) is 0 Å². The van der Waals surface area contributed by atoms with Crippen molar-refractivity contribution in [2.45, 2.75) is 27.2 Å². The molecule has 1 aromatic carbocycles. The van der Waals surface area contributed by atoms with Crippen LogP contribution >= 0.6 is 0 Å². The summed E-state index contributed by atoms with van der Waals surface area (Å²) in [7, 11) is 0. The number of carbonyl (C=O) groups excluding carboxylic acids is 1. The number of carboxylic acids is 1. The van der Waals surface area contributed by atoms with Crippen molar-refractivity contribution in [2.24, 2.45) is 5.41 Å². The van der Waals surface area contributed by atoms with Gasteiger partial charge in [0, 0.05) is 12.1 Å². The maximum atomic E-state index is 13.0. The van der Waals surface area contributed by atoms with Crippen LogP contribution in [0.15, 0.2) is 18.2 Å². The molecule has 0 saturated heterocycles. The molecule has 0 saturated carbocycles. The molecule has 0 bridgehead atoms. The molecule has 0 fully saturated rings. The van der Waals surface area contributed by atoms with Gasteiger partial charge in [0.1, 0.15) is 5.82 Å². The van der Waals surface area contributed by atoms with E-state index >= 15 is 0 Å². The van der Waals surface area contributed by atoms with E-state index in [1.54, 1.807) is 13.0 Å². The fourth-order valence-corrected chi connectivity index (χ4v) is 1.40. The largest absolute Gasteiger partial charge is 0.481 e. The number of benzene rings is 1. The zero-order chi connectivity index (χ0) is 13.9. The Labute approximate surface area is 105 Å². The lowest BCUT2D eigenvalue weighted by Gasteiger charge is -2.18. The van der Waals surface area contributed by atoms with Gasteiger partial charge in [-0.1, -0.05) is 6.07 Å². The molecule has 0 aliphatic carbocycles. The number of amides is 1. The summed E-state index contributed by atoms with van der Waals surface area (Å²) in [5.74, 6) is -1.95. The van der Waals surface area contributed by atoms with Gasteiger partial charge in [-0.05, 0) is 38.5 Å². The van der Waals surface area contributed by atoms with E-state index in [1.165, 1.54) is 26.0 Å². The van der Waals surface area contributed by atoms with Crippen molar-refractivity contribution < 1.29 is 19.1 Å². The third-order valence-corrected chi connectivity index (χ3v) is 2.66. The SMILES string of the molecule is Cc1ccc(F)cc1NC(=O)CC(C)(C)C(=O)O. The summed E-state index contributed by atoms with van der Waals surface area (Å²) in [6, 6.07) is 4.06. The fourth-order valence-electron chi connectivity index (χ4n) is 1.40. The lowest BCUT2D eigenvalue weighted by Crippen LogP contribution is -2.29. The highest BCUT2D eigenvalue weighted by molar-refractivity contribution is 5.94. The second-order valence-electron chi connectivity index (χ2n) is 4.87. The van der Waals surface area contributed by atoms with Crippen molar-refractivity contribution in [1.82, 2.24) is 0 Å². The van der Waals surface area contributed by atoms with Crippen molar-refractivity contribution in [1.29, 1.82) is 0 Å². The summed E-state index contributed by atoms with van der Waals surface area (Å²) < 4.78 is 13.0. The maximum Gasteiger partial charge on any atom is 0.309 e. The topological polar surface area (TPSA) is 66.4 Å². The number of aryl methyl sites for hydroxylation is 1. The highest BCUT2D eigenvalue weighted by atomic mass is 19.1. The minimum Gasteiger partial charge on any atom is -0.481 e. The number of hydrogen-bond acceptors (Lipinski definition) is 2. The summed E-state index contributed by atoms with van der Waals surface area (Å²) in [4.78, 5) is 22.6. The van der Waals surface area contributed by atoms with E-state index in [1.807, 2.05) is 0 Å². The van der Waals surface area contributed by atoms with Crippen LogP contribution in [0.3, 0.4) is 0 Å². The van der Waals surface area contributed by atoms with Crippen LogP contribution in [-0.2, 0) is 9.59 Å².